The smallest absolute Gasteiger partial charge is 0.326 e. The van der Waals surface area contributed by atoms with Crippen LogP contribution in [0.25, 0.3) is 0 Å². The van der Waals surface area contributed by atoms with E-state index in [2.05, 4.69) is 28.6 Å². The first-order valence-electron chi connectivity index (χ1n) is 15.7. The first-order chi connectivity index (χ1) is 24.1. The molecule has 0 fully saturated rings. The molecule has 268 valence electrons. The predicted molar refractivity (Wildman–Crippen MR) is 202 cm³/mol. The largest absolute Gasteiger partial charge is 0.508 e. The minimum atomic E-state index is -1.32. The minimum absolute atomic E-state index is 0.0139. The Morgan fingerprint density at radius 3 is 2.14 bits per heavy atom. The van der Waals surface area contributed by atoms with Crippen molar-refractivity contribution >= 4 is 76.8 Å². The molecule has 0 aliphatic heterocycles. The molecule has 0 saturated carbocycles. The van der Waals surface area contributed by atoms with E-state index < -0.39 is 29.7 Å². The maximum absolute atomic E-state index is 13.0. The highest BCUT2D eigenvalue weighted by molar-refractivity contribution is 7.81. The predicted octanol–water partition coefficient (Wildman–Crippen LogP) is 7.83. The van der Waals surface area contributed by atoms with E-state index in [1.807, 2.05) is 13.8 Å². The van der Waals surface area contributed by atoms with Crippen LogP contribution in [0.1, 0.15) is 68.9 Å². The van der Waals surface area contributed by atoms with E-state index in [4.69, 9.17) is 39.5 Å². The van der Waals surface area contributed by atoms with Gasteiger partial charge in [-0.3, -0.25) is 14.4 Å². The van der Waals surface area contributed by atoms with Crippen LogP contribution in [0.3, 0.4) is 0 Å². The summed E-state index contributed by atoms with van der Waals surface area (Å²) >= 11 is 23.6. The van der Waals surface area contributed by atoms with Crippen molar-refractivity contribution in [1.82, 2.24) is 10.6 Å². The molecule has 1 atom stereocenters. The van der Waals surface area contributed by atoms with E-state index in [-0.39, 0.29) is 55.2 Å². The second-order valence-electron chi connectivity index (χ2n) is 12.3. The number of phenolic OH excluding ortho intramolecular Hbond substituents is 1. The number of ether oxygens (including phenoxy) is 1. The molecule has 0 aliphatic carbocycles. The molecule has 0 aromatic heterocycles. The Morgan fingerprint density at radius 1 is 0.843 bits per heavy atom. The Morgan fingerprint density at radius 2 is 1.53 bits per heavy atom. The monoisotopic (exact) mass is 771 g/mol. The SMILES string of the molecule is CC(C)(S)CCCOc1cc(Cl)c(C(=O)Nc2ccc(C[C@H](NC(=O)c3ccc(C(=O)NCc4cccc(O)c4)cc3Cl)C(=O)O)cc2)c(Cl)c1. The van der Waals surface area contributed by atoms with Gasteiger partial charge in [0.25, 0.3) is 17.7 Å². The topological polar surface area (TPSA) is 154 Å². The third-order valence-electron chi connectivity index (χ3n) is 7.54. The normalized spacial score (nSPS) is 11.7. The van der Waals surface area contributed by atoms with Crippen molar-refractivity contribution in [2.24, 2.45) is 0 Å². The summed E-state index contributed by atoms with van der Waals surface area (Å²) < 4.78 is 5.62. The van der Waals surface area contributed by atoms with E-state index in [0.29, 0.717) is 29.2 Å². The number of hydrogen-bond donors (Lipinski definition) is 6. The maximum atomic E-state index is 13.0. The molecule has 10 nitrogen and oxygen atoms in total. The molecule has 0 bridgehead atoms. The van der Waals surface area contributed by atoms with Gasteiger partial charge in [-0.25, -0.2) is 4.79 Å². The molecule has 0 aliphatic rings. The van der Waals surface area contributed by atoms with Gasteiger partial charge in [-0.05, 0) is 78.6 Å². The Balaban J connectivity index is 1.33. The van der Waals surface area contributed by atoms with Gasteiger partial charge >= 0.3 is 5.97 Å². The number of phenols is 1. The molecule has 14 heteroatoms. The second-order valence-corrected chi connectivity index (χ2v) is 14.7. The van der Waals surface area contributed by atoms with Gasteiger partial charge in [-0.2, -0.15) is 12.6 Å². The zero-order valence-electron chi connectivity index (χ0n) is 27.6. The zero-order valence-corrected chi connectivity index (χ0v) is 30.8. The molecule has 4 aromatic rings. The van der Waals surface area contributed by atoms with Crippen LogP contribution in [-0.4, -0.2) is 51.3 Å². The van der Waals surface area contributed by atoms with Gasteiger partial charge in [0.05, 0.1) is 32.8 Å². The lowest BCUT2D eigenvalue weighted by atomic mass is 10.0. The van der Waals surface area contributed by atoms with Crippen molar-refractivity contribution in [1.29, 1.82) is 0 Å². The first-order valence-corrected chi connectivity index (χ1v) is 17.3. The molecule has 0 radical (unpaired) electrons. The fourth-order valence-corrected chi connectivity index (χ4v) is 5.99. The van der Waals surface area contributed by atoms with Gasteiger partial charge in [-0.15, -0.1) is 0 Å². The summed E-state index contributed by atoms with van der Waals surface area (Å²) in [6.07, 6.45) is 1.55. The van der Waals surface area contributed by atoms with Crippen molar-refractivity contribution in [3.8, 4) is 11.5 Å². The number of amides is 3. The lowest BCUT2D eigenvalue weighted by Gasteiger charge is -2.17. The van der Waals surface area contributed by atoms with Crippen molar-refractivity contribution < 1.29 is 34.1 Å². The molecule has 4 aromatic carbocycles. The molecule has 0 spiro atoms. The fourth-order valence-electron chi connectivity index (χ4n) is 4.93. The molecular weight excluding hydrogens is 737 g/mol. The van der Waals surface area contributed by atoms with Gasteiger partial charge in [-0.1, -0.05) is 72.9 Å². The van der Waals surface area contributed by atoms with E-state index in [1.165, 1.54) is 42.5 Å². The quantitative estimate of drug-likeness (QED) is 0.0532. The van der Waals surface area contributed by atoms with E-state index in [1.54, 1.807) is 36.4 Å². The third-order valence-corrected chi connectivity index (χ3v) is 8.67. The standard InChI is InChI=1S/C37H36Cl3N3O7S/c1-37(2,51)13-4-14-50-26-18-29(39)32(30(40)19-26)35(47)42-24-10-7-21(8-11-24)16-31(36(48)49)43-34(46)27-12-9-23(17-28(27)38)33(45)41-20-22-5-3-6-25(44)15-22/h3,5-12,15,17-19,31,44,51H,4,13-14,16,20H2,1-2H3,(H,41,45)(H,42,47)(H,43,46)(H,48,49)/t31-/m0/s1. The van der Waals surface area contributed by atoms with Crippen molar-refractivity contribution in [3.05, 3.63) is 122 Å². The van der Waals surface area contributed by atoms with Crippen LogP contribution in [0.15, 0.2) is 78.9 Å². The number of carbonyl (C=O) groups excluding carboxylic acids is 3. The van der Waals surface area contributed by atoms with Crippen LogP contribution in [0, 0.1) is 0 Å². The average Bonchev–Trinajstić information content (AvgIpc) is 3.05. The summed E-state index contributed by atoms with van der Waals surface area (Å²) in [7, 11) is 0. The Bertz CT molecular complexity index is 1890. The van der Waals surface area contributed by atoms with Gasteiger partial charge in [0, 0.05) is 29.0 Å². The number of anilines is 1. The highest BCUT2D eigenvalue weighted by atomic mass is 35.5. The number of benzene rings is 4. The van der Waals surface area contributed by atoms with Crippen molar-refractivity contribution in [2.75, 3.05) is 11.9 Å². The summed E-state index contributed by atoms with van der Waals surface area (Å²) in [5.74, 6) is -2.51. The number of thiol groups is 1. The van der Waals surface area contributed by atoms with Crippen molar-refractivity contribution in [3.63, 3.8) is 0 Å². The summed E-state index contributed by atoms with van der Waals surface area (Å²) in [4.78, 5) is 50.7. The van der Waals surface area contributed by atoms with E-state index >= 15 is 0 Å². The van der Waals surface area contributed by atoms with Crippen LogP contribution >= 0.6 is 47.4 Å². The van der Waals surface area contributed by atoms with Crippen LogP contribution in [0.5, 0.6) is 11.5 Å². The van der Waals surface area contributed by atoms with Gasteiger partial charge in [0.2, 0.25) is 0 Å². The summed E-state index contributed by atoms with van der Waals surface area (Å²) in [6, 6.07) is 18.6. The first kappa shape index (κ1) is 39.4. The van der Waals surface area contributed by atoms with Crippen molar-refractivity contribution in [2.45, 2.75) is 50.4 Å². The number of carbonyl (C=O) groups is 4. The van der Waals surface area contributed by atoms with Crippen LogP contribution in [0.4, 0.5) is 5.69 Å². The van der Waals surface area contributed by atoms with Gasteiger partial charge in [0.15, 0.2) is 0 Å². The van der Waals surface area contributed by atoms with Gasteiger partial charge in [0.1, 0.15) is 17.5 Å². The zero-order chi connectivity index (χ0) is 37.3. The molecule has 0 saturated heterocycles. The summed E-state index contributed by atoms with van der Waals surface area (Å²) in [5.41, 5.74) is 1.89. The molecular formula is C37H36Cl3N3O7S. The number of rotatable bonds is 15. The number of aromatic hydroxyl groups is 1. The molecule has 5 N–H and O–H groups in total. The number of carboxylic acids is 1. The number of hydrogen-bond acceptors (Lipinski definition) is 7. The summed E-state index contributed by atoms with van der Waals surface area (Å²) in [6.45, 7) is 4.63. The van der Waals surface area contributed by atoms with E-state index in [9.17, 15) is 29.4 Å². The van der Waals surface area contributed by atoms with Crippen LogP contribution < -0.4 is 20.7 Å². The second kappa shape index (κ2) is 17.7. The van der Waals surface area contributed by atoms with Gasteiger partial charge < -0.3 is 30.9 Å². The molecule has 3 amide bonds. The number of nitrogens with one attached hydrogen (secondary N) is 3. The average molecular weight is 773 g/mol. The number of aliphatic carboxylic acids is 1. The Hall–Kier alpha value is -4.42. The van der Waals surface area contributed by atoms with E-state index in [0.717, 1.165) is 12.8 Å². The minimum Gasteiger partial charge on any atom is -0.508 e. The van der Waals surface area contributed by atoms with Crippen LogP contribution in [0.2, 0.25) is 15.1 Å². The Labute approximate surface area is 315 Å². The number of carboxylic acid groups (broad SMARTS) is 1. The molecule has 51 heavy (non-hydrogen) atoms. The van der Waals surface area contributed by atoms with Crippen LogP contribution in [-0.2, 0) is 17.8 Å². The summed E-state index contributed by atoms with van der Waals surface area (Å²) in [5, 5.41) is 27.5. The highest BCUT2D eigenvalue weighted by Gasteiger charge is 2.24. The fraction of sp³-hybridized carbons (Fsp3) is 0.243. The maximum Gasteiger partial charge on any atom is 0.326 e. The third kappa shape index (κ3) is 11.8. The number of halogens is 3. The molecule has 0 heterocycles. The molecule has 4 rings (SSSR count). The Kier molecular flexibility index (Phi) is 13.6. The molecule has 0 unspecified atom stereocenters. The lowest BCUT2D eigenvalue weighted by Crippen LogP contribution is -2.42. The highest BCUT2D eigenvalue weighted by Crippen LogP contribution is 2.31. The lowest BCUT2D eigenvalue weighted by molar-refractivity contribution is -0.139.